The molecule has 33 heavy (non-hydrogen) atoms. The first kappa shape index (κ1) is 24.6. The smallest absolute Gasteiger partial charge is 0.0880 e. The van der Waals surface area contributed by atoms with Gasteiger partial charge in [0, 0.05) is 0 Å². The highest BCUT2D eigenvalue weighted by Crippen LogP contribution is 2.77. The molecule has 0 amide bonds. The van der Waals surface area contributed by atoms with Gasteiger partial charge in [0.2, 0.25) is 0 Å². The zero-order chi connectivity index (χ0) is 24.2. The molecule has 0 bridgehead atoms. The quantitative estimate of drug-likeness (QED) is 0.460. The topological polar surface area (TPSA) is 60.7 Å². The third kappa shape index (κ3) is 2.97. The molecule has 5 saturated carbocycles. The Labute approximate surface area is 203 Å². The van der Waals surface area contributed by atoms with Crippen molar-refractivity contribution in [1.29, 1.82) is 0 Å². The van der Waals surface area contributed by atoms with Gasteiger partial charge in [-0.05, 0) is 128 Å². The van der Waals surface area contributed by atoms with Crippen molar-refractivity contribution >= 4 is 0 Å². The SMILES string of the molecule is CC1(C)[C@H](O)CC[C@]2(C)[C@H]3CC[C@@H]4[C@H]5[C@H]([C@](C)(O)CO)CC[C@]5(C)CC[C@@]4(C)[C@]3(C)CC[C@@H]12. The van der Waals surface area contributed by atoms with Gasteiger partial charge in [-0.3, -0.25) is 0 Å². The molecule has 0 unspecified atom stereocenters. The number of hydrogen-bond donors (Lipinski definition) is 3. The largest absolute Gasteiger partial charge is 0.393 e. The van der Waals surface area contributed by atoms with Crippen LogP contribution < -0.4 is 0 Å². The van der Waals surface area contributed by atoms with Crippen molar-refractivity contribution in [1.82, 2.24) is 0 Å². The van der Waals surface area contributed by atoms with Gasteiger partial charge in [-0.15, -0.1) is 0 Å². The maximum Gasteiger partial charge on any atom is 0.0880 e. The number of rotatable bonds is 2. The molecule has 3 nitrogen and oxygen atoms in total. The Morgan fingerprint density at radius 3 is 2.12 bits per heavy atom. The summed E-state index contributed by atoms with van der Waals surface area (Å²) in [5.41, 5.74) is 0.284. The summed E-state index contributed by atoms with van der Waals surface area (Å²) < 4.78 is 0. The summed E-state index contributed by atoms with van der Waals surface area (Å²) in [5, 5.41) is 32.2. The van der Waals surface area contributed by atoms with Crippen LogP contribution in [0, 0.1) is 56.7 Å². The van der Waals surface area contributed by atoms with E-state index in [9.17, 15) is 15.3 Å². The third-order valence-electron chi connectivity index (χ3n) is 13.9. The minimum absolute atomic E-state index is 0.00754. The van der Waals surface area contributed by atoms with Gasteiger partial charge >= 0.3 is 0 Å². The highest BCUT2D eigenvalue weighted by Gasteiger charge is 2.70. The zero-order valence-electron chi connectivity index (χ0n) is 22.6. The van der Waals surface area contributed by atoms with Crippen molar-refractivity contribution in [2.24, 2.45) is 56.7 Å². The van der Waals surface area contributed by atoms with Gasteiger partial charge < -0.3 is 15.3 Å². The van der Waals surface area contributed by atoms with E-state index in [2.05, 4.69) is 41.5 Å². The van der Waals surface area contributed by atoms with Crippen molar-refractivity contribution in [2.45, 2.75) is 124 Å². The molecule has 0 aromatic rings. The Kier molecular flexibility index (Phi) is 5.38. The highest BCUT2D eigenvalue weighted by atomic mass is 16.3. The molecule has 0 aromatic heterocycles. The van der Waals surface area contributed by atoms with Crippen LogP contribution in [0.4, 0.5) is 0 Å². The van der Waals surface area contributed by atoms with Crippen LogP contribution in [0.25, 0.3) is 0 Å². The van der Waals surface area contributed by atoms with Gasteiger partial charge in [0.25, 0.3) is 0 Å². The first-order valence-electron chi connectivity index (χ1n) is 14.2. The lowest BCUT2D eigenvalue weighted by molar-refractivity contribution is -0.251. The molecule has 0 aliphatic heterocycles. The van der Waals surface area contributed by atoms with Crippen molar-refractivity contribution < 1.29 is 15.3 Å². The minimum atomic E-state index is -0.967. The standard InChI is InChI=1S/C30H52O3/c1-25(2)21-11-15-29(6)22(27(21,4)14-12-23(25)32)9-8-19-24-20(30(7,33)18-31)10-13-26(24,3)16-17-28(19,29)5/h19-24,31-33H,8-18H2,1-7H3/t19-,20-,21+,22-,23-,24+,26-,27+,28-,29-,30-/m1/s1. The second-order valence-electron chi connectivity index (χ2n) is 15.4. The highest BCUT2D eigenvalue weighted by molar-refractivity contribution is 5.19. The van der Waals surface area contributed by atoms with Crippen molar-refractivity contribution in [3.8, 4) is 0 Å². The molecule has 0 spiro atoms. The molecule has 3 heteroatoms. The Balaban J connectivity index is 1.54. The fourth-order valence-electron chi connectivity index (χ4n) is 11.7. The van der Waals surface area contributed by atoms with E-state index in [1.165, 1.54) is 51.4 Å². The molecular weight excluding hydrogens is 408 g/mol. The van der Waals surface area contributed by atoms with Gasteiger partial charge in [0.1, 0.15) is 0 Å². The summed E-state index contributed by atoms with van der Waals surface area (Å²) in [6.45, 7) is 16.8. The molecule has 190 valence electrons. The zero-order valence-corrected chi connectivity index (χ0v) is 22.6. The molecule has 5 fully saturated rings. The fraction of sp³-hybridized carbons (Fsp3) is 1.00. The van der Waals surface area contributed by atoms with Gasteiger partial charge in [-0.25, -0.2) is 0 Å². The number of hydrogen-bond acceptors (Lipinski definition) is 3. The second-order valence-corrected chi connectivity index (χ2v) is 15.4. The Morgan fingerprint density at radius 1 is 0.758 bits per heavy atom. The predicted molar refractivity (Wildman–Crippen MR) is 134 cm³/mol. The second kappa shape index (κ2) is 7.22. The van der Waals surface area contributed by atoms with E-state index >= 15 is 0 Å². The van der Waals surface area contributed by atoms with E-state index in [-0.39, 0.29) is 24.0 Å². The normalized spacial score (nSPS) is 57.3. The third-order valence-corrected chi connectivity index (χ3v) is 13.9. The van der Waals surface area contributed by atoms with Crippen LogP contribution >= 0.6 is 0 Å². The molecule has 0 heterocycles. The number of aliphatic hydroxyl groups excluding tert-OH is 2. The molecule has 0 aromatic carbocycles. The lowest BCUT2D eigenvalue weighted by Gasteiger charge is -2.73. The van der Waals surface area contributed by atoms with E-state index in [1.54, 1.807) is 0 Å². The van der Waals surface area contributed by atoms with Crippen molar-refractivity contribution in [3.63, 3.8) is 0 Å². The van der Waals surface area contributed by atoms with E-state index in [0.717, 1.165) is 18.8 Å². The van der Waals surface area contributed by atoms with Crippen LogP contribution in [0.2, 0.25) is 0 Å². The van der Waals surface area contributed by atoms with Crippen molar-refractivity contribution in [2.75, 3.05) is 6.61 Å². The Hall–Kier alpha value is -0.120. The fourth-order valence-corrected chi connectivity index (χ4v) is 11.7. The van der Waals surface area contributed by atoms with Crippen LogP contribution in [0.5, 0.6) is 0 Å². The maximum absolute atomic E-state index is 11.3. The lowest BCUT2D eigenvalue weighted by Crippen LogP contribution is -2.67. The summed E-state index contributed by atoms with van der Waals surface area (Å²) in [5.74, 6) is 2.71. The van der Waals surface area contributed by atoms with Crippen LogP contribution in [0.3, 0.4) is 0 Å². The van der Waals surface area contributed by atoms with E-state index < -0.39 is 5.60 Å². The molecule has 0 radical (unpaired) electrons. The summed E-state index contributed by atoms with van der Waals surface area (Å²) in [6, 6.07) is 0. The van der Waals surface area contributed by atoms with Crippen LogP contribution in [-0.4, -0.2) is 33.6 Å². The molecular formula is C30H52O3. The summed E-state index contributed by atoms with van der Waals surface area (Å²) in [4.78, 5) is 0. The maximum atomic E-state index is 11.3. The van der Waals surface area contributed by atoms with E-state index in [0.29, 0.717) is 39.4 Å². The summed E-state index contributed by atoms with van der Waals surface area (Å²) >= 11 is 0. The molecule has 3 N–H and O–H groups in total. The average molecular weight is 461 g/mol. The first-order valence-corrected chi connectivity index (χ1v) is 14.2. The Bertz CT molecular complexity index is 789. The predicted octanol–water partition coefficient (Wildman–Crippen LogP) is 6.19. The Morgan fingerprint density at radius 2 is 1.45 bits per heavy atom. The average Bonchev–Trinajstić information content (AvgIpc) is 3.10. The summed E-state index contributed by atoms with van der Waals surface area (Å²) in [7, 11) is 0. The van der Waals surface area contributed by atoms with E-state index in [4.69, 9.17) is 0 Å². The van der Waals surface area contributed by atoms with Gasteiger partial charge in [-0.1, -0.05) is 41.5 Å². The van der Waals surface area contributed by atoms with Crippen LogP contribution in [-0.2, 0) is 0 Å². The van der Waals surface area contributed by atoms with Gasteiger partial charge in [0.05, 0.1) is 18.3 Å². The van der Waals surface area contributed by atoms with Gasteiger partial charge in [0.15, 0.2) is 0 Å². The van der Waals surface area contributed by atoms with Crippen LogP contribution in [0.15, 0.2) is 0 Å². The monoisotopic (exact) mass is 460 g/mol. The molecule has 11 atom stereocenters. The lowest BCUT2D eigenvalue weighted by atomic mass is 9.32. The molecule has 5 aliphatic carbocycles. The summed E-state index contributed by atoms with van der Waals surface area (Å²) in [6.07, 6.45) is 11.9. The van der Waals surface area contributed by atoms with Gasteiger partial charge in [-0.2, -0.15) is 0 Å². The number of aliphatic hydroxyl groups is 3. The van der Waals surface area contributed by atoms with E-state index in [1.807, 2.05) is 6.92 Å². The van der Waals surface area contributed by atoms with Crippen LogP contribution in [0.1, 0.15) is 113 Å². The first-order chi connectivity index (χ1) is 15.2. The molecule has 5 aliphatic rings. The molecule has 5 rings (SSSR count). The minimum Gasteiger partial charge on any atom is -0.393 e. The van der Waals surface area contributed by atoms with Crippen molar-refractivity contribution in [3.05, 3.63) is 0 Å². The molecule has 0 saturated heterocycles. The number of fused-ring (bicyclic) bond motifs is 7.